The average Bonchev–Trinajstić information content (AvgIpc) is 3.35. The van der Waals surface area contributed by atoms with Gasteiger partial charge in [-0.15, -0.1) is 0 Å². The Morgan fingerprint density at radius 2 is 1.91 bits per heavy atom. The van der Waals surface area contributed by atoms with Crippen molar-refractivity contribution in [3.05, 3.63) is 36.4 Å². The van der Waals surface area contributed by atoms with Gasteiger partial charge in [-0.25, -0.2) is 19.9 Å². The van der Waals surface area contributed by atoms with E-state index in [2.05, 4.69) is 47.0 Å². The molecule has 0 aliphatic carbocycles. The van der Waals surface area contributed by atoms with E-state index in [1.165, 1.54) is 11.3 Å². The van der Waals surface area contributed by atoms with Crippen LogP contribution in [0.2, 0.25) is 0 Å². The van der Waals surface area contributed by atoms with Gasteiger partial charge >= 0.3 is 6.01 Å². The summed E-state index contributed by atoms with van der Waals surface area (Å²) in [5.74, 6) is 0.532. The molecule has 10 nitrogen and oxygen atoms in total. The first-order valence-corrected chi connectivity index (χ1v) is 12.6. The maximum atomic E-state index is 5.89. The van der Waals surface area contributed by atoms with E-state index in [0.717, 1.165) is 74.9 Å². The predicted octanol–water partition coefficient (Wildman–Crippen LogP) is 2.83. The summed E-state index contributed by atoms with van der Waals surface area (Å²) in [5, 5.41) is 3.90. The third-order valence-corrected chi connectivity index (χ3v) is 6.96. The van der Waals surface area contributed by atoms with E-state index in [-0.39, 0.29) is 6.10 Å². The zero-order chi connectivity index (χ0) is 23.2. The van der Waals surface area contributed by atoms with Gasteiger partial charge in [0.25, 0.3) is 0 Å². The second kappa shape index (κ2) is 11.1. The number of aromatic nitrogens is 5. The summed E-state index contributed by atoms with van der Waals surface area (Å²) < 4.78 is 11.4. The molecule has 3 aromatic rings. The molecular formula is C23H30N8O2S. The number of hydrogen-bond donors (Lipinski definition) is 1. The minimum Gasteiger partial charge on any atom is -0.458 e. The molecule has 5 heterocycles. The molecule has 34 heavy (non-hydrogen) atoms. The van der Waals surface area contributed by atoms with Gasteiger partial charge in [0.2, 0.25) is 5.95 Å². The Hall–Kier alpha value is -2.73. The Kier molecular flexibility index (Phi) is 7.54. The summed E-state index contributed by atoms with van der Waals surface area (Å²) in [6, 6.07) is 2.22. The molecule has 0 bridgehead atoms. The Morgan fingerprint density at radius 3 is 2.68 bits per heavy atom. The van der Waals surface area contributed by atoms with Crippen LogP contribution in [-0.2, 0) is 11.3 Å². The zero-order valence-corrected chi connectivity index (χ0v) is 20.2. The summed E-state index contributed by atoms with van der Waals surface area (Å²) >= 11 is 1.48. The first kappa shape index (κ1) is 23.0. The van der Waals surface area contributed by atoms with Crippen molar-refractivity contribution in [3.8, 4) is 16.6 Å². The third-order valence-electron chi connectivity index (χ3n) is 6.02. The lowest BCUT2D eigenvalue weighted by Crippen LogP contribution is -2.45. The van der Waals surface area contributed by atoms with Gasteiger partial charge in [0.05, 0.1) is 17.2 Å². The molecule has 0 saturated carbocycles. The van der Waals surface area contributed by atoms with Crippen molar-refractivity contribution in [2.24, 2.45) is 0 Å². The second-order valence-electron chi connectivity index (χ2n) is 8.46. The molecule has 0 spiro atoms. The summed E-state index contributed by atoms with van der Waals surface area (Å²) in [6.45, 7) is 10.0. The fourth-order valence-corrected chi connectivity index (χ4v) is 4.84. The smallest absolute Gasteiger partial charge is 0.317 e. The van der Waals surface area contributed by atoms with E-state index in [9.17, 15) is 0 Å². The highest BCUT2D eigenvalue weighted by Crippen LogP contribution is 2.29. The highest BCUT2D eigenvalue weighted by Gasteiger charge is 2.18. The number of anilines is 2. The van der Waals surface area contributed by atoms with Gasteiger partial charge in [-0.2, -0.15) is 4.98 Å². The number of ether oxygens (including phenoxy) is 2. The van der Waals surface area contributed by atoms with Crippen LogP contribution in [-0.4, -0.2) is 86.8 Å². The van der Waals surface area contributed by atoms with Crippen LogP contribution < -0.4 is 10.1 Å². The molecule has 1 unspecified atom stereocenters. The van der Waals surface area contributed by atoms with E-state index in [4.69, 9.17) is 9.47 Å². The van der Waals surface area contributed by atoms with Crippen molar-refractivity contribution in [3.63, 3.8) is 0 Å². The fraction of sp³-hybridized carbons (Fsp3) is 0.522. The molecule has 0 aromatic carbocycles. The maximum Gasteiger partial charge on any atom is 0.317 e. The Morgan fingerprint density at radius 1 is 1.09 bits per heavy atom. The van der Waals surface area contributed by atoms with Crippen LogP contribution in [0.5, 0.6) is 6.01 Å². The van der Waals surface area contributed by atoms with Crippen LogP contribution in [0.4, 0.5) is 11.1 Å². The number of thiazole rings is 1. The van der Waals surface area contributed by atoms with Crippen LogP contribution in [0, 0.1) is 0 Å². The highest BCUT2D eigenvalue weighted by molar-refractivity contribution is 7.18. The molecule has 11 heteroatoms. The van der Waals surface area contributed by atoms with Crippen LogP contribution in [0.15, 0.2) is 30.9 Å². The number of nitrogens with one attached hydrogen (secondary N) is 1. The molecule has 2 saturated heterocycles. The number of rotatable bonds is 8. The molecule has 180 valence electrons. The number of piperazine rings is 1. The van der Waals surface area contributed by atoms with E-state index in [1.807, 2.05) is 18.5 Å². The van der Waals surface area contributed by atoms with Crippen LogP contribution in [0.1, 0.15) is 25.3 Å². The molecule has 5 rings (SSSR count). The summed E-state index contributed by atoms with van der Waals surface area (Å²) in [4.78, 5) is 28.1. The minimum atomic E-state index is 0.00348. The quantitative estimate of drug-likeness (QED) is 0.516. The maximum absolute atomic E-state index is 5.89. The van der Waals surface area contributed by atoms with Gasteiger partial charge < -0.3 is 19.7 Å². The lowest BCUT2D eigenvalue weighted by atomic mass is 10.2. The predicted molar refractivity (Wildman–Crippen MR) is 130 cm³/mol. The first-order valence-electron chi connectivity index (χ1n) is 11.8. The SMILES string of the molecule is CCN1CCN(Cc2cnc(Nc3ncc(-c4ccnc(OC5CCCOC5)n4)s3)nc2)CC1. The Labute approximate surface area is 203 Å². The average molecular weight is 483 g/mol. The van der Waals surface area contributed by atoms with Gasteiger partial charge in [0.1, 0.15) is 6.10 Å². The number of hydrogen-bond acceptors (Lipinski definition) is 11. The van der Waals surface area contributed by atoms with Gasteiger partial charge in [0, 0.05) is 69.7 Å². The largest absolute Gasteiger partial charge is 0.458 e. The summed E-state index contributed by atoms with van der Waals surface area (Å²) in [5.41, 5.74) is 1.89. The lowest BCUT2D eigenvalue weighted by Gasteiger charge is -2.33. The molecule has 2 aliphatic rings. The lowest BCUT2D eigenvalue weighted by molar-refractivity contribution is 0.00342. The normalized spacial score (nSPS) is 19.7. The summed E-state index contributed by atoms with van der Waals surface area (Å²) in [7, 11) is 0. The van der Waals surface area contributed by atoms with Crippen molar-refractivity contribution in [1.29, 1.82) is 0 Å². The number of likely N-dealkylation sites (N-methyl/N-ethyl adjacent to an activating group) is 1. The van der Waals surface area contributed by atoms with E-state index in [1.54, 1.807) is 12.4 Å². The fourth-order valence-electron chi connectivity index (χ4n) is 4.06. The van der Waals surface area contributed by atoms with E-state index in [0.29, 0.717) is 23.7 Å². The van der Waals surface area contributed by atoms with Crippen LogP contribution in [0.3, 0.4) is 0 Å². The van der Waals surface area contributed by atoms with Gasteiger partial charge in [0.15, 0.2) is 5.13 Å². The van der Waals surface area contributed by atoms with Crippen LogP contribution in [0.25, 0.3) is 10.6 Å². The van der Waals surface area contributed by atoms with Crippen LogP contribution >= 0.6 is 11.3 Å². The van der Waals surface area contributed by atoms with Gasteiger partial charge in [-0.1, -0.05) is 18.3 Å². The molecule has 2 aliphatic heterocycles. The van der Waals surface area contributed by atoms with Crippen molar-refractivity contribution in [2.45, 2.75) is 32.4 Å². The third kappa shape index (κ3) is 6.03. The topological polar surface area (TPSA) is 101 Å². The van der Waals surface area contributed by atoms with Crippen molar-refractivity contribution in [2.75, 3.05) is 51.3 Å². The Bertz CT molecular complexity index is 1050. The molecule has 1 N–H and O–H groups in total. The highest BCUT2D eigenvalue weighted by atomic mass is 32.1. The standard InChI is InChI=1S/C23H30N8O2S/c1-2-30-7-9-31(10-8-30)15-17-12-25-21(26-13-17)29-23-27-14-20(34-23)19-5-6-24-22(28-19)33-18-4-3-11-32-16-18/h5-6,12-14,18H,2-4,7-11,15-16H2,1H3,(H,25,26,27,29). The van der Waals surface area contributed by atoms with Crippen molar-refractivity contribution < 1.29 is 9.47 Å². The number of nitrogens with zero attached hydrogens (tertiary/aromatic N) is 7. The summed E-state index contributed by atoms with van der Waals surface area (Å²) in [6.07, 6.45) is 9.22. The van der Waals surface area contributed by atoms with E-state index < -0.39 is 0 Å². The molecule has 3 aromatic heterocycles. The van der Waals surface area contributed by atoms with Gasteiger partial charge in [-0.05, 0) is 25.5 Å². The first-order chi connectivity index (χ1) is 16.7. The monoisotopic (exact) mass is 482 g/mol. The zero-order valence-electron chi connectivity index (χ0n) is 19.4. The Balaban J connectivity index is 1.16. The van der Waals surface area contributed by atoms with E-state index >= 15 is 0 Å². The molecule has 1 atom stereocenters. The molecule has 0 amide bonds. The van der Waals surface area contributed by atoms with Gasteiger partial charge in [-0.3, -0.25) is 4.90 Å². The molecule has 2 fully saturated rings. The van der Waals surface area contributed by atoms with Crippen molar-refractivity contribution in [1.82, 2.24) is 34.7 Å². The van der Waals surface area contributed by atoms with Crippen molar-refractivity contribution >= 4 is 22.4 Å². The molecule has 0 radical (unpaired) electrons. The minimum absolute atomic E-state index is 0.00348. The molecular weight excluding hydrogens is 452 g/mol. The second-order valence-corrected chi connectivity index (χ2v) is 9.49.